The van der Waals surface area contributed by atoms with E-state index in [-0.39, 0.29) is 12.6 Å². The molecule has 26 heavy (non-hydrogen) atoms. The highest BCUT2D eigenvalue weighted by atomic mass is 19.1. The number of nitrogens with zero attached hydrogens (tertiary/aromatic N) is 1. The molecule has 0 saturated carbocycles. The van der Waals surface area contributed by atoms with Crippen molar-refractivity contribution < 1.29 is 9.13 Å². The second kappa shape index (κ2) is 11.8. The van der Waals surface area contributed by atoms with Crippen molar-refractivity contribution in [2.24, 2.45) is 5.73 Å². The molecule has 2 aromatic rings. The first-order chi connectivity index (χ1) is 12.7. The zero-order valence-corrected chi connectivity index (χ0v) is 15.7. The minimum absolute atomic E-state index is 0.122. The van der Waals surface area contributed by atoms with E-state index in [0.29, 0.717) is 13.2 Å². The second-order valence-corrected chi connectivity index (χ2v) is 6.77. The van der Waals surface area contributed by atoms with Crippen LogP contribution in [0.2, 0.25) is 0 Å². The summed E-state index contributed by atoms with van der Waals surface area (Å²) in [6.45, 7) is 4.48. The molecule has 0 heterocycles. The topological polar surface area (TPSA) is 38.5 Å². The summed E-state index contributed by atoms with van der Waals surface area (Å²) < 4.78 is 20.0. The van der Waals surface area contributed by atoms with Crippen LogP contribution in [0, 0.1) is 0 Å². The lowest BCUT2D eigenvalue weighted by Crippen LogP contribution is -2.32. The number of halogens is 1. The number of nitrogens with two attached hydrogens (primary N) is 1. The minimum Gasteiger partial charge on any atom is -0.378 e. The van der Waals surface area contributed by atoms with Crippen molar-refractivity contribution in [2.45, 2.75) is 45.1 Å². The molecule has 2 aromatic carbocycles. The van der Waals surface area contributed by atoms with Gasteiger partial charge in [0.15, 0.2) is 0 Å². The van der Waals surface area contributed by atoms with Crippen molar-refractivity contribution in [1.29, 1.82) is 0 Å². The summed E-state index contributed by atoms with van der Waals surface area (Å²) in [5, 5.41) is 0. The van der Waals surface area contributed by atoms with Gasteiger partial charge in [0.25, 0.3) is 0 Å². The van der Waals surface area contributed by atoms with E-state index in [2.05, 4.69) is 29.2 Å². The Morgan fingerprint density at radius 3 is 2.00 bits per heavy atom. The summed E-state index contributed by atoms with van der Waals surface area (Å²) in [5.41, 5.74) is 8.23. The molecule has 0 aliphatic rings. The molecule has 2 unspecified atom stereocenters. The molecule has 0 radical (unpaired) electrons. The molecular weight excluding hydrogens is 327 g/mol. The van der Waals surface area contributed by atoms with Crippen molar-refractivity contribution in [2.75, 3.05) is 19.8 Å². The number of alkyl halides is 1. The first-order valence-corrected chi connectivity index (χ1v) is 9.45. The van der Waals surface area contributed by atoms with Crippen LogP contribution in [0.4, 0.5) is 4.39 Å². The molecule has 2 atom stereocenters. The maximum absolute atomic E-state index is 14.5. The van der Waals surface area contributed by atoms with Crippen molar-refractivity contribution in [1.82, 2.24) is 4.90 Å². The van der Waals surface area contributed by atoms with Gasteiger partial charge in [0.05, 0.1) is 6.61 Å². The third kappa shape index (κ3) is 8.09. The van der Waals surface area contributed by atoms with Gasteiger partial charge in [-0.05, 0) is 24.0 Å². The van der Waals surface area contributed by atoms with E-state index in [1.807, 2.05) is 43.3 Å². The Balaban J connectivity index is 1.86. The third-order valence-corrected chi connectivity index (χ3v) is 4.41. The zero-order valence-electron chi connectivity index (χ0n) is 15.7. The molecule has 0 spiro atoms. The molecule has 2 rings (SSSR count). The molecule has 2 N–H and O–H groups in total. The molecule has 0 fully saturated rings. The molecule has 3 nitrogen and oxygen atoms in total. The van der Waals surface area contributed by atoms with Gasteiger partial charge in [-0.25, -0.2) is 4.39 Å². The summed E-state index contributed by atoms with van der Waals surface area (Å²) >= 11 is 0. The van der Waals surface area contributed by atoms with Gasteiger partial charge >= 0.3 is 0 Å². The normalized spacial score (nSPS) is 13.7. The molecule has 0 aliphatic heterocycles. The van der Waals surface area contributed by atoms with Crippen LogP contribution < -0.4 is 5.73 Å². The minimum atomic E-state index is -1.01. The second-order valence-electron chi connectivity index (χ2n) is 6.77. The lowest BCUT2D eigenvalue weighted by atomic mass is 10.1. The van der Waals surface area contributed by atoms with Gasteiger partial charge < -0.3 is 10.5 Å². The van der Waals surface area contributed by atoms with Gasteiger partial charge in [0.1, 0.15) is 6.17 Å². The van der Waals surface area contributed by atoms with Crippen LogP contribution in [0.3, 0.4) is 0 Å². The number of rotatable bonds is 12. The van der Waals surface area contributed by atoms with Crippen LogP contribution in [-0.2, 0) is 17.8 Å². The molecule has 0 saturated heterocycles. The average molecular weight is 359 g/mol. The van der Waals surface area contributed by atoms with Crippen LogP contribution >= 0.6 is 0 Å². The summed E-state index contributed by atoms with van der Waals surface area (Å²) in [4.78, 5) is 2.14. The first-order valence-electron chi connectivity index (χ1n) is 9.45. The number of benzene rings is 2. The number of hydrogen-bond donors (Lipinski definition) is 1. The largest absolute Gasteiger partial charge is 0.378 e. The fourth-order valence-electron chi connectivity index (χ4n) is 2.85. The lowest BCUT2D eigenvalue weighted by molar-refractivity contribution is 0.0548. The van der Waals surface area contributed by atoms with Crippen LogP contribution in [0.25, 0.3) is 0 Å². The highest BCUT2D eigenvalue weighted by molar-refractivity contribution is 5.17. The van der Waals surface area contributed by atoms with Gasteiger partial charge in [-0.2, -0.15) is 0 Å². The van der Waals surface area contributed by atoms with E-state index in [1.165, 1.54) is 11.1 Å². The molecule has 4 heteroatoms. The Bertz CT molecular complexity index is 552. The summed E-state index contributed by atoms with van der Waals surface area (Å²) in [7, 11) is 0. The van der Waals surface area contributed by atoms with Crippen LogP contribution in [0.5, 0.6) is 0 Å². The van der Waals surface area contributed by atoms with E-state index < -0.39 is 6.17 Å². The molecule has 142 valence electrons. The van der Waals surface area contributed by atoms with Crippen LogP contribution in [0.15, 0.2) is 60.7 Å². The van der Waals surface area contributed by atoms with Crippen molar-refractivity contribution >= 4 is 0 Å². The molecule has 0 aliphatic carbocycles. The first kappa shape index (κ1) is 20.6. The zero-order chi connectivity index (χ0) is 18.6. The Hall–Kier alpha value is -1.75. The summed E-state index contributed by atoms with van der Waals surface area (Å²) in [6.07, 6.45) is 0.686. The third-order valence-electron chi connectivity index (χ3n) is 4.41. The Morgan fingerprint density at radius 1 is 0.962 bits per heavy atom. The highest BCUT2D eigenvalue weighted by Crippen LogP contribution is 2.12. The standard InChI is InChI=1S/C22H31FN2O/c1-2-22(24)13-14-26-18-21(23)17-25(15-19-9-5-3-6-10-19)16-20-11-7-4-8-12-20/h3-12,21-22H,2,13-18,24H2,1H3. The van der Waals surface area contributed by atoms with E-state index in [4.69, 9.17) is 10.5 Å². The lowest BCUT2D eigenvalue weighted by Gasteiger charge is -2.24. The molecule has 0 bridgehead atoms. The van der Waals surface area contributed by atoms with Crippen LogP contribution in [-0.4, -0.2) is 36.9 Å². The van der Waals surface area contributed by atoms with Gasteiger partial charge in [-0.3, -0.25) is 4.90 Å². The molecular formula is C22H31FN2O. The predicted molar refractivity (Wildman–Crippen MR) is 106 cm³/mol. The number of ether oxygens (including phenoxy) is 1. The van der Waals surface area contributed by atoms with E-state index in [9.17, 15) is 4.39 Å². The van der Waals surface area contributed by atoms with Crippen LogP contribution in [0.1, 0.15) is 30.9 Å². The smallest absolute Gasteiger partial charge is 0.136 e. The van der Waals surface area contributed by atoms with Crippen molar-refractivity contribution in [3.8, 4) is 0 Å². The van der Waals surface area contributed by atoms with E-state index in [1.54, 1.807) is 0 Å². The Kier molecular flexibility index (Phi) is 9.32. The van der Waals surface area contributed by atoms with E-state index >= 15 is 0 Å². The Labute approximate surface area is 157 Å². The average Bonchev–Trinajstić information content (AvgIpc) is 2.66. The summed E-state index contributed by atoms with van der Waals surface area (Å²) in [6, 6.07) is 20.5. The fraction of sp³-hybridized carbons (Fsp3) is 0.455. The van der Waals surface area contributed by atoms with Gasteiger partial charge in [0.2, 0.25) is 0 Å². The number of hydrogen-bond acceptors (Lipinski definition) is 3. The van der Waals surface area contributed by atoms with Gasteiger partial charge in [-0.1, -0.05) is 67.6 Å². The SMILES string of the molecule is CCC(N)CCOCC(F)CN(Cc1ccccc1)Cc1ccccc1. The maximum Gasteiger partial charge on any atom is 0.136 e. The van der Waals surface area contributed by atoms with Crippen molar-refractivity contribution in [3.63, 3.8) is 0 Å². The monoisotopic (exact) mass is 358 g/mol. The van der Waals surface area contributed by atoms with Crippen molar-refractivity contribution in [3.05, 3.63) is 71.8 Å². The molecule has 0 amide bonds. The van der Waals surface area contributed by atoms with E-state index in [0.717, 1.165) is 25.9 Å². The predicted octanol–water partition coefficient (Wildman–Crippen LogP) is 4.17. The Morgan fingerprint density at radius 2 is 1.50 bits per heavy atom. The summed E-state index contributed by atoms with van der Waals surface area (Å²) in [5.74, 6) is 0. The van der Waals surface area contributed by atoms with Gasteiger partial charge in [0, 0.05) is 32.3 Å². The quantitative estimate of drug-likeness (QED) is 0.579. The highest BCUT2D eigenvalue weighted by Gasteiger charge is 2.15. The maximum atomic E-state index is 14.5. The fourth-order valence-corrected chi connectivity index (χ4v) is 2.85. The molecule has 0 aromatic heterocycles. The van der Waals surface area contributed by atoms with Gasteiger partial charge in [-0.15, -0.1) is 0 Å².